The summed E-state index contributed by atoms with van der Waals surface area (Å²) in [5.41, 5.74) is 8.94. The summed E-state index contributed by atoms with van der Waals surface area (Å²) in [7, 11) is 0. The molecule has 0 rings (SSSR count). The van der Waals surface area contributed by atoms with Crippen LogP contribution in [0.25, 0.3) is 0 Å². The average molecular weight is 283 g/mol. The Bertz CT molecular complexity index is 208. The number of carboxylic acids is 2. The predicted molar refractivity (Wildman–Crippen MR) is 57.3 cm³/mol. The number of alkyl halides is 3. The summed E-state index contributed by atoms with van der Waals surface area (Å²) in [6, 6.07) is 0. The molecule has 7 nitrogen and oxygen atoms in total. The highest BCUT2D eigenvalue weighted by Crippen LogP contribution is 2.25. The Morgan fingerprint density at radius 1 is 1.20 bits per heavy atom. The van der Waals surface area contributed by atoms with E-state index >= 15 is 0 Å². The average Bonchev–Trinajstić information content (AvgIpc) is 1.80. The lowest BCUT2D eigenvalue weighted by Crippen LogP contribution is -2.20. The van der Waals surface area contributed by atoms with Crippen molar-refractivity contribution < 1.29 is 19.8 Å². The van der Waals surface area contributed by atoms with E-state index in [1.165, 1.54) is 0 Å². The van der Waals surface area contributed by atoms with E-state index in [4.69, 9.17) is 55.2 Å². The van der Waals surface area contributed by atoms with Crippen molar-refractivity contribution >= 4 is 52.7 Å². The molecule has 0 unspecified atom stereocenters. The van der Waals surface area contributed by atoms with E-state index in [0.29, 0.717) is 0 Å². The summed E-state index contributed by atoms with van der Waals surface area (Å²) in [4.78, 5) is 18.6. The van der Waals surface area contributed by atoms with Crippen LogP contribution in [-0.2, 0) is 9.59 Å². The zero-order valence-corrected chi connectivity index (χ0v) is 9.77. The highest BCUT2D eigenvalue weighted by atomic mass is 35.6. The van der Waals surface area contributed by atoms with Gasteiger partial charge in [0.1, 0.15) is 0 Å². The number of hydrogen-bond donors (Lipinski definition) is 5. The van der Waals surface area contributed by atoms with Gasteiger partial charge in [-0.15, -0.1) is 0 Å². The van der Waals surface area contributed by atoms with Gasteiger partial charge in [0.05, 0.1) is 0 Å². The van der Waals surface area contributed by atoms with Crippen molar-refractivity contribution in [3.05, 3.63) is 0 Å². The van der Waals surface area contributed by atoms with Crippen LogP contribution in [0.2, 0.25) is 0 Å². The summed E-state index contributed by atoms with van der Waals surface area (Å²) in [5.74, 6) is -2.63. The molecule has 0 aromatic heterocycles. The molecule has 0 heterocycles. The molecule has 0 aliphatic heterocycles. The van der Waals surface area contributed by atoms with Crippen LogP contribution in [0.1, 0.15) is 6.92 Å². The van der Waals surface area contributed by atoms with Gasteiger partial charge in [0.2, 0.25) is 0 Å². The summed E-state index contributed by atoms with van der Waals surface area (Å²) in [6.45, 7) is 1.08. The molecule has 0 aliphatic carbocycles. The first-order chi connectivity index (χ1) is 6.41. The maximum atomic E-state index is 9.62. The number of nitrogens with two attached hydrogens (primary N) is 2. The Balaban J connectivity index is -0.000000155. The van der Waals surface area contributed by atoms with Crippen molar-refractivity contribution in [1.29, 1.82) is 5.41 Å². The smallest absolute Gasteiger partial charge is 0.356 e. The van der Waals surface area contributed by atoms with Gasteiger partial charge in [-0.3, -0.25) is 10.2 Å². The highest BCUT2D eigenvalue weighted by molar-refractivity contribution is 6.75. The Hall–Kier alpha value is -0.920. The Kier molecular flexibility index (Phi) is 12.6. The second-order valence-electron chi connectivity index (χ2n) is 1.78. The first-order valence-corrected chi connectivity index (χ1v) is 4.13. The SMILES string of the molecule is CC(=O)O.N=C(N)N.O=C(O)C(Cl)(Cl)Cl. The van der Waals surface area contributed by atoms with Gasteiger partial charge in [0, 0.05) is 6.92 Å². The lowest BCUT2D eigenvalue weighted by Gasteiger charge is -1.99. The highest BCUT2D eigenvalue weighted by Gasteiger charge is 2.29. The van der Waals surface area contributed by atoms with Crippen LogP contribution in [0, 0.1) is 5.41 Å². The normalized spacial score (nSPS) is 8.53. The van der Waals surface area contributed by atoms with Crippen molar-refractivity contribution in [3.8, 4) is 0 Å². The third-order valence-electron chi connectivity index (χ3n) is 0.243. The maximum absolute atomic E-state index is 9.62. The van der Waals surface area contributed by atoms with Gasteiger partial charge >= 0.3 is 5.97 Å². The molecule has 0 radical (unpaired) electrons. The van der Waals surface area contributed by atoms with Crippen molar-refractivity contribution in [2.24, 2.45) is 11.5 Å². The minimum atomic E-state index is -2.17. The summed E-state index contributed by atoms with van der Waals surface area (Å²) < 4.78 is -2.17. The second-order valence-corrected chi connectivity index (χ2v) is 4.06. The fourth-order valence-electron chi connectivity index (χ4n) is 0. The van der Waals surface area contributed by atoms with E-state index in [1.807, 2.05) is 0 Å². The van der Waals surface area contributed by atoms with Crippen molar-refractivity contribution in [2.75, 3.05) is 0 Å². The first-order valence-electron chi connectivity index (χ1n) is 3.00. The van der Waals surface area contributed by atoms with E-state index in [9.17, 15) is 4.79 Å². The molecular formula is C5H10Cl3N3O4. The van der Waals surface area contributed by atoms with E-state index in [0.717, 1.165) is 6.92 Å². The zero-order valence-electron chi connectivity index (χ0n) is 7.50. The first kappa shape index (κ1) is 19.6. The van der Waals surface area contributed by atoms with Crippen LogP contribution in [0.15, 0.2) is 0 Å². The third-order valence-corrected chi connectivity index (χ3v) is 0.728. The number of hydrogen-bond acceptors (Lipinski definition) is 3. The lowest BCUT2D eigenvalue weighted by molar-refractivity contribution is -0.136. The van der Waals surface area contributed by atoms with Gasteiger partial charge in [-0.25, -0.2) is 4.79 Å². The molecule has 0 aliphatic rings. The van der Waals surface area contributed by atoms with E-state index in [-0.39, 0.29) is 5.96 Å². The van der Waals surface area contributed by atoms with E-state index < -0.39 is 15.7 Å². The van der Waals surface area contributed by atoms with E-state index in [2.05, 4.69) is 11.5 Å². The Morgan fingerprint density at radius 2 is 1.27 bits per heavy atom. The molecule has 0 amide bonds. The third kappa shape index (κ3) is 62.2. The number of nitrogens with one attached hydrogen (secondary N) is 1. The predicted octanol–water partition coefficient (Wildman–Crippen LogP) is 0.371. The van der Waals surface area contributed by atoms with Gasteiger partial charge in [0.25, 0.3) is 9.76 Å². The van der Waals surface area contributed by atoms with Crippen LogP contribution in [0.5, 0.6) is 0 Å². The van der Waals surface area contributed by atoms with Crippen LogP contribution in [0.4, 0.5) is 0 Å². The molecule has 0 saturated carbocycles. The standard InChI is InChI=1S/C2HCl3O2.C2H4O2.CH5N3/c3-2(4,5)1(6)7;1-2(3)4;2-1(3)4/h(H,6,7);1H3,(H,3,4);(H5,2,3,4). The van der Waals surface area contributed by atoms with Crippen molar-refractivity contribution in [1.82, 2.24) is 0 Å². The van der Waals surface area contributed by atoms with Crippen LogP contribution >= 0.6 is 34.8 Å². The number of carboxylic acid groups (broad SMARTS) is 2. The number of carbonyl (C=O) groups is 2. The number of aliphatic carboxylic acids is 2. The van der Waals surface area contributed by atoms with Crippen LogP contribution in [-0.4, -0.2) is 31.9 Å². The molecule has 0 atom stereocenters. The van der Waals surface area contributed by atoms with Gasteiger partial charge in [-0.1, -0.05) is 34.8 Å². The van der Waals surface area contributed by atoms with Gasteiger partial charge < -0.3 is 21.7 Å². The van der Waals surface area contributed by atoms with Crippen molar-refractivity contribution in [3.63, 3.8) is 0 Å². The fourth-order valence-corrected chi connectivity index (χ4v) is 0. The Labute approximate surface area is 100 Å². The maximum Gasteiger partial charge on any atom is 0.356 e. The zero-order chi connectivity index (χ0) is 13.2. The number of guanidine groups is 1. The van der Waals surface area contributed by atoms with Crippen LogP contribution < -0.4 is 11.5 Å². The Morgan fingerprint density at radius 3 is 1.27 bits per heavy atom. The minimum absolute atomic E-state index is 0.333. The molecule has 0 bridgehead atoms. The molecular weight excluding hydrogens is 272 g/mol. The van der Waals surface area contributed by atoms with Gasteiger partial charge in [-0.2, -0.15) is 0 Å². The molecule has 15 heavy (non-hydrogen) atoms. The number of rotatable bonds is 0. The lowest BCUT2D eigenvalue weighted by atomic mass is 10.8. The topological polar surface area (TPSA) is 150 Å². The monoisotopic (exact) mass is 281 g/mol. The summed E-state index contributed by atoms with van der Waals surface area (Å²) in [5, 5.41) is 21.3. The van der Waals surface area contributed by atoms with Crippen molar-refractivity contribution in [2.45, 2.75) is 10.7 Å². The van der Waals surface area contributed by atoms with E-state index in [1.54, 1.807) is 0 Å². The molecule has 0 saturated heterocycles. The molecule has 0 spiro atoms. The second kappa shape index (κ2) is 9.63. The molecule has 0 fully saturated rings. The summed E-state index contributed by atoms with van der Waals surface area (Å²) in [6.07, 6.45) is 0. The minimum Gasteiger partial charge on any atom is -0.481 e. The largest absolute Gasteiger partial charge is 0.481 e. The molecule has 10 heteroatoms. The molecule has 0 aromatic rings. The van der Waals surface area contributed by atoms with Gasteiger partial charge in [-0.05, 0) is 0 Å². The van der Waals surface area contributed by atoms with Gasteiger partial charge in [0.15, 0.2) is 5.96 Å². The quantitative estimate of drug-likeness (QED) is 0.246. The molecule has 90 valence electrons. The fraction of sp³-hybridized carbons (Fsp3) is 0.400. The molecule has 0 aromatic carbocycles. The molecule has 7 N–H and O–H groups in total. The number of halogens is 3. The van der Waals surface area contributed by atoms with Crippen LogP contribution in [0.3, 0.4) is 0 Å². The summed E-state index contributed by atoms with van der Waals surface area (Å²) >= 11 is 14.4.